The Morgan fingerprint density at radius 1 is 1.21 bits per heavy atom. The molecule has 2 aromatic heterocycles. The third-order valence-electron chi connectivity index (χ3n) is 4.05. The van der Waals surface area contributed by atoms with Crippen LogP contribution in [0, 0.1) is 5.82 Å². The lowest BCUT2D eigenvalue weighted by atomic mass is 10.2. The van der Waals surface area contributed by atoms with Crippen molar-refractivity contribution in [3.8, 4) is 11.6 Å². The number of benzene rings is 1. The fourth-order valence-corrected chi connectivity index (χ4v) is 2.63. The maximum Gasteiger partial charge on any atom is 0.191 e. The molecular weight excluding hydrogens is 371 g/mol. The highest BCUT2D eigenvalue weighted by Gasteiger charge is 2.06. The smallest absolute Gasteiger partial charge is 0.191 e. The van der Waals surface area contributed by atoms with Crippen molar-refractivity contribution in [2.24, 2.45) is 4.99 Å². The van der Waals surface area contributed by atoms with E-state index in [1.54, 1.807) is 30.9 Å². The number of guanidine groups is 1. The minimum absolute atomic E-state index is 0.113. The largest absolute Gasteiger partial charge is 0.489 e. The van der Waals surface area contributed by atoms with Crippen LogP contribution in [0.25, 0.3) is 5.82 Å². The van der Waals surface area contributed by atoms with E-state index in [2.05, 4.69) is 25.6 Å². The summed E-state index contributed by atoms with van der Waals surface area (Å²) in [6.45, 7) is 5.77. The van der Waals surface area contributed by atoms with Crippen molar-refractivity contribution in [2.45, 2.75) is 26.5 Å². The molecule has 0 bridgehead atoms. The number of ether oxygens (including phenoxy) is 1. The van der Waals surface area contributed by atoms with Gasteiger partial charge in [-0.25, -0.2) is 19.4 Å². The second-order valence-electron chi connectivity index (χ2n) is 6.45. The topological polar surface area (TPSA) is 76.4 Å². The zero-order valence-electron chi connectivity index (χ0n) is 16.5. The summed E-state index contributed by atoms with van der Waals surface area (Å²) in [6, 6.07) is 9.92. The Kier molecular flexibility index (Phi) is 7.16. The number of hydrogen-bond donors (Lipinski definition) is 2. The van der Waals surface area contributed by atoms with Crippen molar-refractivity contribution in [1.29, 1.82) is 0 Å². The van der Waals surface area contributed by atoms with Crippen molar-refractivity contribution in [3.05, 3.63) is 72.7 Å². The van der Waals surface area contributed by atoms with E-state index in [0.717, 1.165) is 17.9 Å². The van der Waals surface area contributed by atoms with Crippen LogP contribution in [0.2, 0.25) is 0 Å². The standard InChI is InChI=1S/C21H25FN6O/c1-3-24-21(26-13-16(2)29-19-6-4-18(22)5-7-19)27-14-17-8-9-25-20(12-17)28-11-10-23-15-28/h4-12,15-16H,3,13-14H2,1-2H3,(H2,24,26,27). The van der Waals surface area contributed by atoms with Gasteiger partial charge in [-0.3, -0.25) is 4.57 Å². The molecule has 0 radical (unpaired) electrons. The third-order valence-corrected chi connectivity index (χ3v) is 4.05. The van der Waals surface area contributed by atoms with E-state index in [1.165, 1.54) is 12.1 Å². The number of aliphatic imine (C=N–C) groups is 1. The number of imidazole rings is 1. The van der Waals surface area contributed by atoms with E-state index >= 15 is 0 Å². The van der Waals surface area contributed by atoms with Gasteiger partial charge in [0.1, 0.15) is 29.8 Å². The Morgan fingerprint density at radius 2 is 2.03 bits per heavy atom. The Hall–Kier alpha value is -3.42. The molecule has 152 valence electrons. The molecule has 1 atom stereocenters. The normalized spacial score (nSPS) is 12.4. The zero-order valence-corrected chi connectivity index (χ0v) is 16.5. The van der Waals surface area contributed by atoms with Crippen molar-refractivity contribution >= 4 is 5.96 Å². The molecule has 0 amide bonds. The quantitative estimate of drug-likeness (QED) is 0.452. The summed E-state index contributed by atoms with van der Waals surface area (Å²) in [4.78, 5) is 13.0. The van der Waals surface area contributed by atoms with Gasteiger partial charge in [0.25, 0.3) is 0 Å². The van der Waals surface area contributed by atoms with Gasteiger partial charge in [-0.05, 0) is 55.8 Å². The van der Waals surface area contributed by atoms with Gasteiger partial charge in [0.05, 0.1) is 13.1 Å². The summed E-state index contributed by atoms with van der Waals surface area (Å²) in [5.41, 5.74) is 1.04. The molecule has 1 aromatic carbocycles. The second kappa shape index (κ2) is 10.2. The van der Waals surface area contributed by atoms with Crippen molar-refractivity contribution in [1.82, 2.24) is 25.2 Å². The van der Waals surface area contributed by atoms with E-state index in [4.69, 9.17) is 4.74 Å². The second-order valence-corrected chi connectivity index (χ2v) is 6.45. The van der Waals surface area contributed by atoms with E-state index in [1.807, 2.05) is 36.7 Å². The van der Waals surface area contributed by atoms with Gasteiger partial charge in [-0.1, -0.05) is 0 Å². The van der Waals surface area contributed by atoms with E-state index in [-0.39, 0.29) is 11.9 Å². The first-order valence-electron chi connectivity index (χ1n) is 9.51. The summed E-state index contributed by atoms with van der Waals surface area (Å²) >= 11 is 0. The van der Waals surface area contributed by atoms with Crippen LogP contribution in [0.4, 0.5) is 4.39 Å². The number of rotatable bonds is 8. The third kappa shape index (κ3) is 6.31. The predicted molar refractivity (Wildman–Crippen MR) is 111 cm³/mol. The molecule has 2 heterocycles. The maximum atomic E-state index is 13.0. The fourth-order valence-electron chi connectivity index (χ4n) is 2.63. The minimum atomic E-state index is -0.281. The van der Waals surface area contributed by atoms with Crippen LogP contribution in [0.15, 0.2) is 66.3 Å². The lowest BCUT2D eigenvalue weighted by molar-refractivity contribution is 0.223. The highest BCUT2D eigenvalue weighted by molar-refractivity contribution is 5.79. The number of aromatic nitrogens is 3. The monoisotopic (exact) mass is 396 g/mol. The van der Waals surface area contributed by atoms with Gasteiger partial charge in [0.2, 0.25) is 0 Å². The lowest BCUT2D eigenvalue weighted by Gasteiger charge is -2.17. The van der Waals surface area contributed by atoms with Crippen LogP contribution in [0.1, 0.15) is 19.4 Å². The number of pyridine rings is 1. The molecule has 0 saturated heterocycles. The Labute approximate surface area is 169 Å². The average molecular weight is 396 g/mol. The van der Waals surface area contributed by atoms with E-state index in [9.17, 15) is 4.39 Å². The number of hydrogen-bond acceptors (Lipinski definition) is 4. The number of nitrogens with zero attached hydrogens (tertiary/aromatic N) is 4. The summed E-state index contributed by atoms with van der Waals surface area (Å²) in [6.07, 6.45) is 6.93. The van der Waals surface area contributed by atoms with Crippen molar-refractivity contribution in [2.75, 3.05) is 13.1 Å². The highest BCUT2D eigenvalue weighted by Crippen LogP contribution is 2.12. The molecule has 8 heteroatoms. The molecule has 0 fully saturated rings. The van der Waals surface area contributed by atoms with Gasteiger partial charge < -0.3 is 15.4 Å². The van der Waals surface area contributed by atoms with E-state index in [0.29, 0.717) is 24.8 Å². The molecule has 3 aromatic rings. The van der Waals surface area contributed by atoms with Crippen LogP contribution in [0.3, 0.4) is 0 Å². The van der Waals surface area contributed by atoms with Gasteiger partial charge in [0, 0.05) is 25.1 Å². The van der Waals surface area contributed by atoms with Crippen molar-refractivity contribution in [3.63, 3.8) is 0 Å². The highest BCUT2D eigenvalue weighted by atomic mass is 19.1. The number of nitrogens with one attached hydrogen (secondary N) is 2. The molecule has 7 nitrogen and oxygen atoms in total. The first-order chi connectivity index (χ1) is 14.1. The molecule has 2 N–H and O–H groups in total. The summed E-state index contributed by atoms with van der Waals surface area (Å²) < 4.78 is 20.6. The first kappa shape index (κ1) is 20.3. The SMILES string of the molecule is CCNC(=NCc1ccnc(-n2ccnc2)c1)NCC(C)Oc1ccc(F)cc1. The van der Waals surface area contributed by atoms with Crippen LogP contribution >= 0.6 is 0 Å². The summed E-state index contributed by atoms with van der Waals surface area (Å²) in [5, 5.41) is 6.50. The fraction of sp³-hybridized carbons (Fsp3) is 0.286. The summed E-state index contributed by atoms with van der Waals surface area (Å²) in [5.74, 6) is 1.85. The lowest BCUT2D eigenvalue weighted by Crippen LogP contribution is -2.41. The van der Waals surface area contributed by atoms with Gasteiger partial charge in [-0.15, -0.1) is 0 Å². The van der Waals surface area contributed by atoms with Crippen LogP contribution in [-0.4, -0.2) is 39.7 Å². The van der Waals surface area contributed by atoms with Gasteiger partial charge in [0.15, 0.2) is 5.96 Å². The minimum Gasteiger partial charge on any atom is -0.489 e. The van der Waals surface area contributed by atoms with Gasteiger partial charge >= 0.3 is 0 Å². The molecule has 0 saturated carbocycles. The Morgan fingerprint density at radius 3 is 2.76 bits per heavy atom. The Bertz CT molecular complexity index is 911. The van der Waals surface area contributed by atoms with Crippen LogP contribution in [0.5, 0.6) is 5.75 Å². The average Bonchev–Trinajstić information content (AvgIpc) is 3.27. The molecule has 3 rings (SSSR count). The predicted octanol–water partition coefficient (Wildman–Crippen LogP) is 2.93. The zero-order chi connectivity index (χ0) is 20.5. The molecule has 1 unspecified atom stereocenters. The van der Waals surface area contributed by atoms with E-state index < -0.39 is 0 Å². The molecule has 29 heavy (non-hydrogen) atoms. The van der Waals surface area contributed by atoms with Crippen molar-refractivity contribution < 1.29 is 9.13 Å². The number of halogens is 1. The van der Waals surface area contributed by atoms with Crippen LogP contribution in [-0.2, 0) is 6.54 Å². The molecular formula is C21H25FN6O. The molecule has 0 aliphatic rings. The Balaban J connectivity index is 1.57. The molecule has 0 aliphatic heterocycles. The molecule has 0 spiro atoms. The maximum absolute atomic E-state index is 13.0. The van der Waals surface area contributed by atoms with Crippen LogP contribution < -0.4 is 15.4 Å². The van der Waals surface area contributed by atoms with Gasteiger partial charge in [-0.2, -0.15) is 0 Å². The summed E-state index contributed by atoms with van der Waals surface area (Å²) in [7, 11) is 0. The first-order valence-corrected chi connectivity index (χ1v) is 9.51. The molecule has 0 aliphatic carbocycles.